The molecule has 0 bridgehead atoms. The number of halogens is 1. The van der Waals surface area contributed by atoms with E-state index in [0.29, 0.717) is 37.2 Å². The number of carbonyl (C=O) groups excluding carboxylic acids is 2. The zero-order valence-electron chi connectivity index (χ0n) is 12.1. The van der Waals surface area contributed by atoms with E-state index in [1.54, 1.807) is 24.1 Å². The van der Waals surface area contributed by atoms with Gasteiger partial charge < -0.3 is 14.4 Å². The van der Waals surface area contributed by atoms with E-state index in [1.807, 2.05) is 6.07 Å². The van der Waals surface area contributed by atoms with Crippen LogP contribution >= 0.6 is 15.9 Å². The Morgan fingerprint density at radius 3 is 2.48 bits per heavy atom. The van der Waals surface area contributed by atoms with E-state index in [4.69, 9.17) is 9.47 Å². The van der Waals surface area contributed by atoms with Gasteiger partial charge in [-0.1, -0.05) is 15.9 Å². The Morgan fingerprint density at radius 1 is 1.24 bits per heavy atom. The van der Waals surface area contributed by atoms with Crippen LogP contribution in [0.3, 0.4) is 0 Å². The highest BCUT2D eigenvalue weighted by atomic mass is 79.9. The Hall–Kier alpha value is -1.56. The Kier molecular flexibility index (Phi) is 5.22. The molecule has 0 radical (unpaired) electrons. The second-order valence-electron chi connectivity index (χ2n) is 4.93. The van der Waals surface area contributed by atoms with Crippen molar-refractivity contribution < 1.29 is 19.1 Å². The summed E-state index contributed by atoms with van der Waals surface area (Å²) < 4.78 is 10.9. The molecule has 6 heteroatoms. The molecule has 1 aromatic rings. The summed E-state index contributed by atoms with van der Waals surface area (Å²) in [6.07, 6.45) is 1.27. The highest BCUT2D eigenvalue weighted by Crippen LogP contribution is 2.27. The van der Waals surface area contributed by atoms with Crippen molar-refractivity contribution in [1.29, 1.82) is 0 Å². The van der Waals surface area contributed by atoms with Gasteiger partial charge in [0.15, 0.2) is 0 Å². The average Bonchev–Trinajstić information content (AvgIpc) is 2.53. The van der Waals surface area contributed by atoms with Gasteiger partial charge in [-0.15, -0.1) is 0 Å². The minimum Gasteiger partial charge on any atom is -0.496 e. The molecule has 1 heterocycles. The van der Waals surface area contributed by atoms with E-state index in [-0.39, 0.29) is 17.8 Å². The molecule has 0 N–H and O–H groups in total. The first-order valence-corrected chi connectivity index (χ1v) is 7.56. The molecule has 1 amide bonds. The molecule has 1 aliphatic heterocycles. The lowest BCUT2D eigenvalue weighted by atomic mass is 9.96. The van der Waals surface area contributed by atoms with E-state index >= 15 is 0 Å². The second kappa shape index (κ2) is 6.93. The molecule has 0 saturated carbocycles. The molecular weight excluding hydrogens is 338 g/mol. The summed E-state index contributed by atoms with van der Waals surface area (Å²) in [7, 11) is 2.94. The lowest BCUT2D eigenvalue weighted by Crippen LogP contribution is -2.40. The van der Waals surface area contributed by atoms with Crippen LogP contribution in [0.1, 0.15) is 23.2 Å². The zero-order chi connectivity index (χ0) is 15.4. The van der Waals surface area contributed by atoms with Crippen LogP contribution in [-0.2, 0) is 9.53 Å². The highest BCUT2D eigenvalue weighted by molar-refractivity contribution is 9.10. The fourth-order valence-electron chi connectivity index (χ4n) is 2.50. The monoisotopic (exact) mass is 355 g/mol. The first-order chi connectivity index (χ1) is 10.1. The number of hydrogen-bond donors (Lipinski definition) is 0. The van der Waals surface area contributed by atoms with Crippen molar-refractivity contribution in [2.24, 2.45) is 5.92 Å². The van der Waals surface area contributed by atoms with Crippen LogP contribution in [0.5, 0.6) is 5.75 Å². The van der Waals surface area contributed by atoms with E-state index in [9.17, 15) is 9.59 Å². The molecule has 21 heavy (non-hydrogen) atoms. The third-order valence-corrected chi connectivity index (χ3v) is 4.20. The number of benzene rings is 1. The van der Waals surface area contributed by atoms with Crippen LogP contribution in [0.15, 0.2) is 22.7 Å². The molecule has 0 aromatic heterocycles. The molecule has 0 unspecified atom stereocenters. The van der Waals surface area contributed by atoms with Gasteiger partial charge in [0.2, 0.25) is 0 Å². The molecular formula is C15H18BrNO4. The summed E-state index contributed by atoms with van der Waals surface area (Å²) in [5.41, 5.74) is 0.539. The fraction of sp³-hybridized carbons (Fsp3) is 0.467. The summed E-state index contributed by atoms with van der Waals surface area (Å²) in [6, 6.07) is 5.34. The quantitative estimate of drug-likeness (QED) is 0.781. The topological polar surface area (TPSA) is 55.8 Å². The SMILES string of the molecule is COC(=O)C1CCN(C(=O)c2ccc(Br)cc2OC)CC1. The molecule has 1 aliphatic rings. The van der Waals surface area contributed by atoms with Gasteiger partial charge in [-0.05, 0) is 31.0 Å². The third kappa shape index (κ3) is 3.56. The molecule has 0 aliphatic carbocycles. The van der Waals surface area contributed by atoms with Gasteiger partial charge in [-0.2, -0.15) is 0 Å². The van der Waals surface area contributed by atoms with Crippen LogP contribution < -0.4 is 4.74 Å². The number of nitrogens with zero attached hydrogens (tertiary/aromatic N) is 1. The number of carbonyl (C=O) groups is 2. The van der Waals surface area contributed by atoms with Crippen LogP contribution in [0, 0.1) is 5.92 Å². The Bertz CT molecular complexity index is 538. The Balaban J connectivity index is 2.07. The third-order valence-electron chi connectivity index (χ3n) is 3.71. The first kappa shape index (κ1) is 15.8. The lowest BCUT2D eigenvalue weighted by Gasteiger charge is -2.31. The van der Waals surface area contributed by atoms with Crippen LogP contribution in [0.4, 0.5) is 0 Å². The summed E-state index contributed by atoms with van der Waals surface area (Å²) >= 11 is 3.36. The summed E-state index contributed by atoms with van der Waals surface area (Å²) in [6.45, 7) is 1.11. The normalized spacial score (nSPS) is 15.7. The number of methoxy groups -OCH3 is 2. The summed E-state index contributed by atoms with van der Waals surface area (Å²) in [4.78, 5) is 25.8. The molecule has 0 spiro atoms. The molecule has 1 saturated heterocycles. The predicted octanol–water partition coefficient (Wildman–Crippen LogP) is 2.48. The van der Waals surface area contributed by atoms with Crippen LogP contribution in [0.2, 0.25) is 0 Å². The number of ether oxygens (including phenoxy) is 2. The van der Waals surface area contributed by atoms with Crippen molar-refractivity contribution in [3.8, 4) is 5.75 Å². The van der Waals surface area contributed by atoms with E-state index in [1.165, 1.54) is 7.11 Å². The van der Waals surface area contributed by atoms with Gasteiger partial charge in [0.05, 0.1) is 25.7 Å². The number of amides is 1. The smallest absolute Gasteiger partial charge is 0.308 e. The number of piperidine rings is 1. The van der Waals surface area contributed by atoms with E-state index in [2.05, 4.69) is 15.9 Å². The van der Waals surface area contributed by atoms with Crippen molar-refractivity contribution in [3.05, 3.63) is 28.2 Å². The minimum atomic E-state index is -0.191. The van der Waals surface area contributed by atoms with Crippen LogP contribution in [0.25, 0.3) is 0 Å². The fourth-order valence-corrected chi connectivity index (χ4v) is 2.84. The molecule has 1 aromatic carbocycles. The predicted molar refractivity (Wildman–Crippen MR) is 81.3 cm³/mol. The Morgan fingerprint density at radius 2 is 1.90 bits per heavy atom. The average molecular weight is 356 g/mol. The molecule has 2 rings (SSSR count). The van der Waals surface area contributed by atoms with Crippen molar-refractivity contribution >= 4 is 27.8 Å². The maximum absolute atomic E-state index is 12.6. The molecule has 114 valence electrons. The van der Waals surface area contributed by atoms with E-state index < -0.39 is 0 Å². The van der Waals surface area contributed by atoms with Crippen LogP contribution in [-0.4, -0.2) is 44.1 Å². The lowest BCUT2D eigenvalue weighted by molar-refractivity contribution is -0.146. The van der Waals surface area contributed by atoms with Gasteiger partial charge in [-0.3, -0.25) is 9.59 Å². The number of hydrogen-bond acceptors (Lipinski definition) is 4. The minimum absolute atomic E-state index is 0.0670. The molecule has 5 nitrogen and oxygen atoms in total. The summed E-state index contributed by atoms with van der Waals surface area (Å²) in [5, 5.41) is 0. The van der Waals surface area contributed by atoms with Crippen molar-refractivity contribution in [1.82, 2.24) is 4.90 Å². The Labute approximate surface area is 132 Å². The van der Waals surface area contributed by atoms with Gasteiger partial charge in [0.1, 0.15) is 5.75 Å². The number of esters is 1. The maximum atomic E-state index is 12.6. The first-order valence-electron chi connectivity index (χ1n) is 6.77. The van der Waals surface area contributed by atoms with Gasteiger partial charge in [0.25, 0.3) is 5.91 Å². The van der Waals surface area contributed by atoms with Gasteiger partial charge >= 0.3 is 5.97 Å². The van der Waals surface area contributed by atoms with E-state index in [0.717, 1.165) is 4.47 Å². The van der Waals surface area contributed by atoms with Crippen molar-refractivity contribution in [2.75, 3.05) is 27.3 Å². The molecule has 1 fully saturated rings. The zero-order valence-corrected chi connectivity index (χ0v) is 13.7. The maximum Gasteiger partial charge on any atom is 0.308 e. The molecule has 0 atom stereocenters. The standard InChI is InChI=1S/C15H18BrNO4/c1-20-13-9-11(16)3-4-12(13)14(18)17-7-5-10(6-8-17)15(19)21-2/h3-4,9-10H,5-8H2,1-2H3. The largest absolute Gasteiger partial charge is 0.496 e. The second-order valence-corrected chi connectivity index (χ2v) is 5.85. The summed E-state index contributed by atoms with van der Waals surface area (Å²) in [5.74, 6) is 0.182. The van der Waals surface area contributed by atoms with Gasteiger partial charge in [-0.25, -0.2) is 0 Å². The van der Waals surface area contributed by atoms with Crippen molar-refractivity contribution in [2.45, 2.75) is 12.8 Å². The number of likely N-dealkylation sites (tertiary alicyclic amines) is 1. The highest BCUT2D eigenvalue weighted by Gasteiger charge is 2.29. The van der Waals surface area contributed by atoms with Crippen molar-refractivity contribution in [3.63, 3.8) is 0 Å². The number of rotatable bonds is 3. The van der Waals surface area contributed by atoms with Gasteiger partial charge in [0, 0.05) is 17.6 Å².